The first-order valence-electron chi connectivity index (χ1n) is 5.18. The molecule has 0 unspecified atom stereocenters. The number of halogens is 2. The topological polar surface area (TPSA) is 90.3 Å². The zero-order valence-corrected chi connectivity index (χ0v) is 11.9. The first-order valence-corrected chi connectivity index (χ1v) is 6.26. The van der Waals surface area contributed by atoms with E-state index in [1.807, 2.05) is 41.7 Å². The molecule has 0 amide bonds. The molecule has 2 N–H and O–H groups in total. The van der Waals surface area contributed by atoms with Gasteiger partial charge in [-0.25, -0.2) is 4.39 Å². The maximum absolute atomic E-state index is 13.8. The Hall–Kier alpha value is -2.02. The molecular formula is C11H8FIN6. The van der Waals surface area contributed by atoms with Gasteiger partial charge in [-0.15, -0.1) is 10.2 Å². The molecule has 0 radical (unpaired) electrons. The third-order valence-electron chi connectivity index (χ3n) is 2.25. The SMILES string of the molecule is Cc1cc(F)c(NC=C(C#N)c2nn[nH]n2)c(I)c1. The smallest absolute Gasteiger partial charge is 0.216 e. The number of aryl methyl sites for hydroxylation is 1. The van der Waals surface area contributed by atoms with E-state index in [2.05, 4.69) is 25.9 Å². The van der Waals surface area contributed by atoms with Gasteiger partial charge >= 0.3 is 0 Å². The molecule has 0 fully saturated rings. The second kappa shape index (κ2) is 5.75. The minimum Gasteiger partial charge on any atom is -0.357 e. The van der Waals surface area contributed by atoms with Gasteiger partial charge in [-0.1, -0.05) is 0 Å². The van der Waals surface area contributed by atoms with Crippen LogP contribution in [-0.2, 0) is 0 Å². The molecule has 0 atom stereocenters. The molecule has 8 heteroatoms. The summed E-state index contributed by atoms with van der Waals surface area (Å²) in [6.45, 7) is 1.81. The van der Waals surface area contributed by atoms with Gasteiger partial charge in [0.05, 0.1) is 5.69 Å². The number of benzene rings is 1. The highest BCUT2D eigenvalue weighted by Gasteiger charge is 2.09. The standard InChI is InChI=1S/C11H8FIN6/c1-6-2-8(12)10(9(13)3-6)15-5-7(4-14)11-16-18-19-17-11/h2-3,5,15H,1H3,(H,16,17,18,19). The lowest BCUT2D eigenvalue weighted by Gasteiger charge is -2.07. The molecule has 1 aromatic carbocycles. The number of anilines is 1. The average Bonchev–Trinajstić information content (AvgIpc) is 2.86. The van der Waals surface area contributed by atoms with Crippen molar-refractivity contribution >= 4 is 33.9 Å². The van der Waals surface area contributed by atoms with Gasteiger partial charge in [-0.3, -0.25) is 0 Å². The lowest BCUT2D eigenvalue weighted by Crippen LogP contribution is -1.98. The minimum atomic E-state index is -0.383. The van der Waals surface area contributed by atoms with Crippen LogP contribution in [0, 0.1) is 27.6 Å². The number of nitriles is 1. The van der Waals surface area contributed by atoms with Crippen molar-refractivity contribution in [2.24, 2.45) is 0 Å². The van der Waals surface area contributed by atoms with E-state index in [0.29, 0.717) is 5.69 Å². The Kier molecular flexibility index (Phi) is 4.06. The molecule has 1 heterocycles. The summed E-state index contributed by atoms with van der Waals surface area (Å²) in [6.07, 6.45) is 1.35. The summed E-state index contributed by atoms with van der Waals surface area (Å²) in [4.78, 5) is 0. The summed E-state index contributed by atoms with van der Waals surface area (Å²) in [5, 5.41) is 24.7. The van der Waals surface area contributed by atoms with Crippen LogP contribution in [0.2, 0.25) is 0 Å². The summed E-state index contributed by atoms with van der Waals surface area (Å²) < 4.78 is 14.5. The predicted octanol–water partition coefficient (Wildman–Crippen LogP) is 2.23. The van der Waals surface area contributed by atoms with Gasteiger partial charge in [0.1, 0.15) is 17.5 Å². The quantitative estimate of drug-likeness (QED) is 0.639. The third-order valence-corrected chi connectivity index (χ3v) is 3.10. The number of hydrogen-bond acceptors (Lipinski definition) is 5. The number of aromatic nitrogens is 4. The van der Waals surface area contributed by atoms with Crippen molar-refractivity contribution in [1.29, 1.82) is 5.26 Å². The number of tetrazole rings is 1. The highest BCUT2D eigenvalue weighted by Crippen LogP contribution is 2.24. The Bertz CT molecular complexity index is 635. The maximum Gasteiger partial charge on any atom is 0.216 e. The van der Waals surface area contributed by atoms with Crippen LogP contribution in [0.25, 0.3) is 5.57 Å². The first-order chi connectivity index (χ1) is 9.11. The molecule has 0 aliphatic heterocycles. The lowest BCUT2D eigenvalue weighted by molar-refractivity contribution is 0.630. The van der Waals surface area contributed by atoms with E-state index in [-0.39, 0.29) is 17.2 Å². The van der Waals surface area contributed by atoms with Gasteiger partial charge in [0, 0.05) is 9.77 Å². The van der Waals surface area contributed by atoms with Gasteiger partial charge in [-0.05, 0) is 52.4 Å². The van der Waals surface area contributed by atoms with E-state index in [4.69, 9.17) is 5.26 Å². The monoisotopic (exact) mass is 370 g/mol. The van der Waals surface area contributed by atoms with E-state index in [1.54, 1.807) is 0 Å². The van der Waals surface area contributed by atoms with Crippen LogP contribution in [0.15, 0.2) is 18.3 Å². The van der Waals surface area contributed by atoms with Crippen LogP contribution in [0.3, 0.4) is 0 Å². The van der Waals surface area contributed by atoms with Crippen LogP contribution in [0.4, 0.5) is 10.1 Å². The summed E-state index contributed by atoms with van der Waals surface area (Å²) in [5.74, 6) is -0.233. The number of allylic oxidation sites excluding steroid dienone is 1. The van der Waals surface area contributed by atoms with Gasteiger partial charge in [0.15, 0.2) is 0 Å². The van der Waals surface area contributed by atoms with Crippen molar-refractivity contribution in [3.8, 4) is 6.07 Å². The molecule has 0 aliphatic carbocycles. The summed E-state index contributed by atoms with van der Waals surface area (Å²) >= 11 is 2.02. The molecular weight excluding hydrogens is 362 g/mol. The van der Waals surface area contributed by atoms with Crippen molar-refractivity contribution < 1.29 is 4.39 Å². The van der Waals surface area contributed by atoms with Crippen LogP contribution >= 0.6 is 22.6 Å². The van der Waals surface area contributed by atoms with Crippen molar-refractivity contribution in [2.45, 2.75) is 6.92 Å². The summed E-state index contributed by atoms with van der Waals surface area (Å²) in [7, 11) is 0. The van der Waals surface area contributed by atoms with Gasteiger partial charge < -0.3 is 5.32 Å². The Balaban J connectivity index is 2.30. The highest BCUT2D eigenvalue weighted by atomic mass is 127. The number of nitrogens with one attached hydrogen (secondary N) is 2. The number of aromatic amines is 1. The molecule has 0 saturated heterocycles. The molecule has 2 aromatic rings. The largest absolute Gasteiger partial charge is 0.357 e. The normalized spacial score (nSPS) is 11.2. The molecule has 0 saturated carbocycles. The van der Waals surface area contributed by atoms with Crippen LogP contribution in [0.5, 0.6) is 0 Å². The number of nitrogens with zero attached hydrogens (tertiary/aromatic N) is 4. The second-order valence-corrected chi connectivity index (χ2v) is 4.82. The average molecular weight is 370 g/mol. The Morgan fingerprint density at radius 2 is 2.37 bits per heavy atom. The van der Waals surface area contributed by atoms with Crippen LogP contribution in [0.1, 0.15) is 11.4 Å². The summed E-state index contributed by atoms with van der Waals surface area (Å²) in [6, 6.07) is 5.16. The molecule has 96 valence electrons. The van der Waals surface area contributed by atoms with E-state index < -0.39 is 0 Å². The Morgan fingerprint density at radius 1 is 1.58 bits per heavy atom. The molecule has 19 heavy (non-hydrogen) atoms. The van der Waals surface area contributed by atoms with Crippen molar-refractivity contribution in [3.05, 3.63) is 39.1 Å². The summed E-state index contributed by atoms with van der Waals surface area (Å²) in [5.41, 5.74) is 1.29. The van der Waals surface area contributed by atoms with Gasteiger partial charge in [0.25, 0.3) is 0 Å². The minimum absolute atomic E-state index is 0.150. The molecule has 0 spiro atoms. The molecule has 6 nitrogen and oxygen atoms in total. The lowest BCUT2D eigenvalue weighted by atomic mass is 10.2. The first kappa shape index (κ1) is 13.4. The van der Waals surface area contributed by atoms with Crippen LogP contribution < -0.4 is 5.32 Å². The van der Waals surface area contributed by atoms with E-state index >= 15 is 0 Å². The van der Waals surface area contributed by atoms with Gasteiger partial charge in [0.2, 0.25) is 5.82 Å². The van der Waals surface area contributed by atoms with Gasteiger partial charge in [-0.2, -0.15) is 10.5 Å². The van der Waals surface area contributed by atoms with Crippen molar-refractivity contribution in [2.75, 3.05) is 5.32 Å². The van der Waals surface area contributed by atoms with Crippen LogP contribution in [-0.4, -0.2) is 20.6 Å². The fourth-order valence-electron chi connectivity index (χ4n) is 1.40. The number of hydrogen-bond donors (Lipinski definition) is 2. The van der Waals surface area contributed by atoms with E-state index in [0.717, 1.165) is 9.13 Å². The highest BCUT2D eigenvalue weighted by molar-refractivity contribution is 14.1. The maximum atomic E-state index is 13.8. The van der Waals surface area contributed by atoms with Crippen molar-refractivity contribution in [3.63, 3.8) is 0 Å². The number of H-pyrrole nitrogens is 1. The molecule has 0 aliphatic rings. The van der Waals surface area contributed by atoms with E-state index in [9.17, 15) is 4.39 Å². The second-order valence-electron chi connectivity index (χ2n) is 3.65. The fraction of sp³-hybridized carbons (Fsp3) is 0.0909. The molecule has 1 aromatic heterocycles. The zero-order chi connectivity index (χ0) is 13.8. The third kappa shape index (κ3) is 3.05. The zero-order valence-electron chi connectivity index (χ0n) is 9.78. The van der Waals surface area contributed by atoms with E-state index in [1.165, 1.54) is 12.3 Å². The van der Waals surface area contributed by atoms with Crippen molar-refractivity contribution in [1.82, 2.24) is 20.6 Å². The Labute approximate surface area is 121 Å². The fourth-order valence-corrected chi connectivity index (χ4v) is 2.31. The predicted molar refractivity (Wildman–Crippen MR) is 75.2 cm³/mol. The molecule has 2 rings (SSSR count). The molecule has 0 bridgehead atoms. The Morgan fingerprint density at radius 3 is 2.95 bits per heavy atom. The number of rotatable bonds is 3.